The Kier molecular flexibility index (Phi) is 7.05. The van der Waals surface area contributed by atoms with Crippen molar-refractivity contribution >= 4 is 12.1 Å². The fraction of sp³-hybridized carbons (Fsp3) is 0.222. The van der Waals surface area contributed by atoms with Crippen LogP contribution >= 0.6 is 0 Å². The second kappa shape index (κ2) is 8.82. The summed E-state index contributed by atoms with van der Waals surface area (Å²) in [6.07, 6.45) is 1.21. The van der Waals surface area contributed by atoms with Crippen molar-refractivity contribution in [3.05, 3.63) is 71.3 Å². The quantitative estimate of drug-likeness (QED) is 0.677. The lowest BCUT2D eigenvalue weighted by molar-refractivity contribution is -0.108. The standard InChI is InChI=1S/C16H15NO2.C2H6.H2/c17-15(11-18)10-12-6-8-14(9-7-12)16(19)13-4-2-1-3-5-13;1-2;/h1-9,11,15H,10,17H2;1-2H3;1H/t15-;;/m0../s1. The molecule has 0 fully saturated rings. The highest BCUT2D eigenvalue weighted by atomic mass is 16.1. The zero-order valence-electron chi connectivity index (χ0n) is 12.5. The number of hydrogen-bond acceptors (Lipinski definition) is 3. The summed E-state index contributed by atoms with van der Waals surface area (Å²) in [5.74, 6) is -0.00756. The van der Waals surface area contributed by atoms with E-state index in [2.05, 4.69) is 0 Å². The van der Waals surface area contributed by atoms with E-state index in [-0.39, 0.29) is 7.21 Å². The van der Waals surface area contributed by atoms with Gasteiger partial charge in [-0.25, -0.2) is 0 Å². The molecule has 112 valence electrons. The topological polar surface area (TPSA) is 60.2 Å². The van der Waals surface area contributed by atoms with Crippen molar-refractivity contribution in [3.63, 3.8) is 0 Å². The molecule has 0 unspecified atom stereocenters. The van der Waals surface area contributed by atoms with E-state index in [1.165, 1.54) is 0 Å². The number of rotatable bonds is 5. The van der Waals surface area contributed by atoms with Crippen molar-refractivity contribution in [1.29, 1.82) is 0 Å². The van der Waals surface area contributed by atoms with Crippen LogP contribution < -0.4 is 5.73 Å². The average Bonchev–Trinajstić information content (AvgIpc) is 2.57. The van der Waals surface area contributed by atoms with Gasteiger partial charge in [0.2, 0.25) is 0 Å². The highest BCUT2D eigenvalue weighted by Gasteiger charge is 2.08. The molecule has 2 N–H and O–H groups in total. The Bertz CT molecular complexity index is 567. The summed E-state index contributed by atoms with van der Waals surface area (Å²) in [5, 5.41) is 0. The molecule has 2 aromatic rings. The van der Waals surface area contributed by atoms with E-state index in [1.807, 2.05) is 44.2 Å². The largest absolute Gasteiger partial charge is 0.321 e. The van der Waals surface area contributed by atoms with Gasteiger partial charge in [0.25, 0.3) is 0 Å². The predicted octanol–water partition coefficient (Wildman–Crippen LogP) is 3.26. The van der Waals surface area contributed by atoms with Crippen LogP contribution in [0.25, 0.3) is 0 Å². The van der Waals surface area contributed by atoms with Crippen molar-refractivity contribution in [3.8, 4) is 0 Å². The second-order valence-corrected chi connectivity index (χ2v) is 4.40. The molecule has 0 saturated heterocycles. The van der Waals surface area contributed by atoms with Crippen molar-refractivity contribution < 1.29 is 11.0 Å². The molecule has 3 nitrogen and oxygen atoms in total. The molecule has 3 heteroatoms. The summed E-state index contributed by atoms with van der Waals surface area (Å²) in [5.41, 5.74) is 7.81. The van der Waals surface area contributed by atoms with E-state index >= 15 is 0 Å². The minimum atomic E-state index is -0.490. The van der Waals surface area contributed by atoms with Gasteiger partial charge in [0.1, 0.15) is 6.29 Å². The highest BCUT2D eigenvalue weighted by molar-refractivity contribution is 6.08. The Morgan fingerprint density at radius 1 is 1.05 bits per heavy atom. The first-order valence-corrected chi connectivity index (χ1v) is 7.10. The smallest absolute Gasteiger partial charge is 0.193 e. The molecule has 1 atom stereocenters. The summed E-state index contributed by atoms with van der Waals surface area (Å²) in [6.45, 7) is 4.00. The first-order chi connectivity index (χ1) is 10.2. The predicted molar refractivity (Wildman–Crippen MR) is 87.5 cm³/mol. The lowest BCUT2D eigenvalue weighted by Gasteiger charge is -2.05. The Labute approximate surface area is 127 Å². The van der Waals surface area contributed by atoms with E-state index in [1.54, 1.807) is 24.3 Å². The molecule has 0 aromatic heterocycles. The van der Waals surface area contributed by atoms with Crippen LogP contribution in [0.5, 0.6) is 0 Å². The number of nitrogens with two attached hydrogens (primary N) is 1. The fourth-order valence-electron chi connectivity index (χ4n) is 1.87. The zero-order valence-corrected chi connectivity index (χ0v) is 12.5. The lowest BCUT2D eigenvalue weighted by Crippen LogP contribution is -2.24. The third kappa shape index (κ3) is 4.97. The SMILES string of the molecule is CC.N[C@H](C=O)Cc1ccc(C(=O)c2ccccc2)cc1.[HH]. The molecule has 0 aliphatic rings. The van der Waals surface area contributed by atoms with Crippen LogP contribution in [0.2, 0.25) is 0 Å². The first-order valence-electron chi connectivity index (χ1n) is 7.10. The molecule has 0 saturated carbocycles. The maximum Gasteiger partial charge on any atom is 0.193 e. The Morgan fingerprint density at radius 2 is 1.57 bits per heavy atom. The molecular formula is C18H23NO2. The first kappa shape index (κ1) is 16.8. The van der Waals surface area contributed by atoms with Crippen LogP contribution in [0.1, 0.15) is 36.8 Å². The van der Waals surface area contributed by atoms with Gasteiger partial charge in [-0.05, 0) is 12.0 Å². The van der Waals surface area contributed by atoms with Crippen LogP contribution in [0.15, 0.2) is 54.6 Å². The highest BCUT2D eigenvalue weighted by Crippen LogP contribution is 2.11. The second-order valence-electron chi connectivity index (χ2n) is 4.40. The number of aldehydes is 1. The van der Waals surface area contributed by atoms with Gasteiger partial charge in [-0.3, -0.25) is 4.79 Å². The maximum atomic E-state index is 12.2. The van der Waals surface area contributed by atoms with Gasteiger partial charge in [-0.15, -0.1) is 0 Å². The van der Waals surface area contributed by atoms with Gasteiger partial charge in [-0.2, -0.15) is 0 Å². The summed E-state index contributed by atoms with van der Waals surface area (Å²) < 4.78 is 0. The number of ketones is 1. The van der Waals surface area contributed by atoms with Gasteiger partial charge in [0.15, 0.2) is 5.78 Å². The molecule has 0 amide bonds. The summed E-state index contributed by atoms with van der Waals surface area (Å²) in [6, 6.07) is 15.8. The van der Waals surface area contributed by atoms with E-state index in [9.17, 15) is 9.59 Å². The summed E-state index contributed by atoms with van der Waals surface area (Å²) in [7, 11) is 0. The third-order valence-electron chi connectivity index (χ3n) is 2.90. The Morgan fingerprint density at radius 3 is 2.10 bits per heavy atom. The monoisotopic (exact) mass is 285 g/mol. The van der Waals surface area contributed by atoms with Gasteiger partial charge >= 0.3 is 0 Å². The van der Waals surface area contributed by atoms with Crippen LogP contribution in [0, 0.1) is 0 Å². The Balaban J connectivity index is 0.00000141. The van der Waals surface area contributed by atoms with Crippen LogP contribution in [0.4, 0.5) is 0 Å². The molecule has 0 spiro atoms. The molecule has 0 bridgehead atoms. The average molecular weight is 285 g/mol. The Hall–Kier alpha value is -2.26. The minimum Gasteiger partial charge on any atom is -0.321 e. The van der Waals surface area contributed by atoms with Crippen LogP contribution in [-0.4, -0.2) is 18.1 Å². The van der Waals surface area contributed by atoms with E-state index in [0.717, 1.165) is 11.8 Å². The normalized spacial score (nSPS) is 11.0. The molecular weight excluding hydrogens is 262 g/mol. The zero-order chi connectivity index (χ0) is 15.7. The number of benzene rings is 2. The van der Waals surface area contributed by atoms with E-state index in [0.29, 0.717) is 17.5 Å². The number of carbonyl (C=O) groups is 2. The number of hydrogen-bond donors (Lipinski definition) is 1. The summed E-state index contributed by atoms with van der Waals surface area (Å²) in [4.78, 5) is 22.6. The molecule has 0 radical (unpaired) electrons. The summed E-state index contributed by atoms with van der Waals surface area (Å²) >= 11 is 0. The van der Waals surface area contributed by atoms with Gasteiger partial charge in [-0.1, -0.05) is 68.4 Å². The molecule has 0 aliphatic carbocycles. The lowest BCUT2D eigenvalue weighted by atomic mass is 10.00. The third-order valence-corrected chi connectivity index (χ3v) is 2.90. The van der Waals surface area contributed by atoms with Crippen LogP contribution in [0.3, 0.4) is 0 Å². The van der Waals surface area contributed by atoms with E-state index in [4.69, 9.17) is 5.73 Å². The van der Waals surface area contributed by atoms with E-state index < -0.39 is 6.04 Å². The molecule has 2 aromatic carbocycles. The fourth-order valence-corrected chi connectivity index (χ4v) is 1.87. The molecule has 0 heterocycles. The van der Waals surface area contributed by atoms with Gasteiger partial charge in [0, 0.05) is 12.6 Å². The molecule has 2 rings (SSSR count). The van der Waals surface area contributed by atoms with Gasteiger partial charge < -0.3 is 10.5 Å². The minimum absolute atomic E-state index is 0. The molecule has 0 aliphatic heterocycles. The van der Waals surface area contributed by atoms with Crippen molar-refractivity contribution in [2.45, 2.75) is 26.3 Å². The number of carbonyl (C=O) groups excluding carboxylic acids is 2. The van der Waals surface area contributed by atoms with Gasteiger partial charge in [0.05, 0.1) is 6.04 Å². The van der Waals surface area contributed by atoms with Crippen molar-refractivity contribution in [2.75, 3.05) is 0 Å². The maximum absolute atomic E-state index is 12.2. The van der Waals surface area contributed by atoms with Crippen molar-refractivity contribution in [1.82, 2.24) is 0 Å². The van der Waals surface area contributed by atoms with Crippen molar-refractivity contribution in [2.24, 2.45) is 5.73 Å². The van der Waals surface area contributed by atoms with Crippen LogP contribution in [-0.2, 0) is 11.2 Å². The molecule has 21 heavy (non-hydrogen) atoms.